The van der Waals surface area contributed by atoms with E-state index in [0.29, 0.717) is 31.8 Å². The van der Waals surface area contributed by atoms with Gasteiger partial charge >= 0.3 is 5.97 Å². The summed E-state index contributed by atoms with van der Waals surface area (Å²) in [6.07, 6.45) is 1.63. The first-order chi connectivity index (χ1) is 8.33. The zero-order chi connectivity index (χ0) is 14.0. The number of ether oxygens (including phenoxy) is 2. The summed E-state index contributed by atoms with van der Waals surface area (Å²) in [5, 5.41) is 0. The normalized spacial score (nSPS) is 11.3. The average Bonchev–Trinajstić information content (AvgIpc) is 2.24. The summed E-state index contributed by atoms with van der Waals surface area (Å²) in [4.78, 5) is 11.0. The summed E-state index contributed by atoms with van der Waals surface area (Å²) >= 11 is 0. The molecule has 0 rings (SSSR count). The van der Waals surface area contributed by atoms with Crippen LogP contribution in [0.3, 0.4) is 0 Å². The molecule has 0 fully saturated rings. The van der Waals surface area contributed by atoms with Crippen molar-refractivity contribution in [3.05, 3.63) is 12.2 Å². The van der Waals surface area contributed by atoms with E-state index in [9.17, 15) is 4.79 Å². The third kappa shape index (κ3) is 11.8. The van der Waals surface area contributed by atoms with Gasteiger partial charge in [-0.3, -0.25) is 0 Å². The van der Waals surface area contributed by atoms with Crippen LogP contribution >= 0.6 is 0 Å². The van der Waals surface area contributed by atoms with Crippen LogP contribution in [0.5, 0.6) is 0 Å². The highest BCUT2D eigenvalue weighted by atomic mass is 28.4. The number of hydrogen-bond acceptors (Lipinski definition) is 4. The molecule has 4 nitrogen and oxygen atoms in total. The number of carbonyl (C=O) groups is 1. The van der Waals surface area contributed by atoms with E-state index in [4.69, 9.17) is 13.9 Å². The Hall–Kier alpha value is -0.653. The van der Waals surface area contributed by atoms with Crippen LogP contribution in [0.4, 0.5) is 0 Å². The Kier molecular flexibility index (Phi) is 8.96. The SMILES string of the molecule is C=C(C)C(=O)OCCCOCCCO[Si](C)(C)C. The average molecular weight is 274 g/mol. The molecule has 106 valence electrons. The predicted molar refractivity (Wildman–Crippen MR) is 75.1 cm³/mol. The van der Waals surface area contributed by atoms with Crippen LogP contribution in [0.15, 0.2) is 12.2 Å². The lowest BCUT2D eigenvalue weighted by atomic mass is 10.4. The number of hydrogen-bond donors (Lipinski definition) is 0. The van der Waals surface area contributed by atoms with Gasteiger partial charge in [0.25, 0.3) is 0 Å². The van der Waals surface area contributed by atoms with Crippen LogP contribution < -0.4 is 0 Å². The molecule has 0 aromatic rings. The van der Waals surface area contributed by atoms with E-state index in [2.05, 4.69) is 26.2 Å². The van der Waals surface area contributed by atoms with E-state index in [1.54, 1.807) is 6.92 Å². The van der Waals surface area contributed by atoms with Gasteiger partial charge in [0.05, 0.1) is 6.61 Å². The summed E-state index contributed by atoms with van der Waals surface area (Å²) in [7, 11) is -1.38. The Labute approximate surface area is 111 Å². The first-order valence-corrected chi connectivity index (χ1v) is 9.78. The van der Waals surface area contributed by atoms with E-state index in [0.717, 1.165) is 13.0 Å². The molecule has 0 aliphatic rings. The quantitative estimate of drug-likeness (QED) is 0.266. The van der Waals surface area contributed by atoms with E-state index in [1.165, 1.54) is 0 Å². The first kappa shape index (κ1) is 17.3. The maximum absolute atomic E-state index is 11.0. The molecule has 0 aromatic carbocycles. The second-order valence-electron chi connectivity index (χ2n) is 5.20. The Bertz CT molecular complexity index is 258. The van der Waals surface area contributed by atoms with Crippen molar-refractivity contribution in [1.29, 1.82) is 0 Å². The highest BCUT2D eigenvalue weighted by Gasteiger charge is 2.12. The molecule has 0 bridgehead atoms. The van der Waals surface area contributed by atoms with Gasteiger partial charge in [0.1, 0.15) is 0 Å². The minimum atomic E-state index is -1.38. The Morgan fingerprint density at radius 3 is 2.11 bits per heavy atom. The fourth-order valence-corrected chi connectivity index (χ4v) is 1.85. The first-order valence-electron chi connectivity index (χ1n) is 6.37. The van der Waals surface area contributed by atoms with Gasteiger partial charge in [-0.2, -0.15) is 0 Å². The van der Waals surface area contributed by atoms with Crippen molar-refractivity contribution in [2.45, 2.75) is 39.4 Å². The molecule has 0 saturated heterocycles. The standard InChI is InChI=1S/C13H26O4Si/c1-12(2)13(14)16-10-6-8-15-9-7-11-17-18(3,4)5/h1,6-11H2,2-5H3. The van der Waals surface area contributed by atoms with Gasteiger partial charge in [0, 0.05) is 31.8 Å². The molecule has 0 heterocycles. The maximum Gasteiger partial charge on any atom is 0.333 e. The van der Waals surface area contributed by atoms with Gasteiger partial charge in [0.2, 0.25) is 0 Å². The molecule has 0 aromatic heterocycles. The molecule has 18 heavy (non-hydrogen) atoms. The molecule has 0 saturated carbocycles. The second kappa shape index (κ2) is 9.30. The van der Waals surface area contributed by atoms with Gasteiger partial charge < -0.3 is 13.9 Å². The molecule has 0 atom stereocenters. The van der Waals surface area contributed by atoms with E-state index in [-0.39, 0.29) is 5.97 Å². The van der Waals surface area contributed by atoms with Crippen molar-refractivity contribution in [1.82, 2.24) is 0 Å². The van der Waals surface area contributed by atoms with Crippen molar-refractivity contribution < 1.29 is 18.7 Å². The summed E-state index contributed by atoms with van der Waals surface area (Å²) < 4.78 is 16.0. The highest BCUT2D eigenvalue weighted by Crippen LogP contribution is 2.02. The van der Waals surface area contributed by atoms with Crippen LogP contribution in [-0.4, -0.2) is 40.7 Å². The molecule has 0 aliphatic carbocycles. The van der Waals surface area contributed by atoms with Crippen LogP contribution in [-0.2, 0) is 18.7 Å². The van der Waals surface area contributed by atoms with Crippen LogP contribution in [0, 0.1) is 0 Å². The Morgan fingerprint density at radius 1 is 1.06 bits per heavy atom. The van der Waals surface area contributed by atoms with Crippen molar-refractivity contribution in [2.24, 2.45) is 0 Å². The van der Waals surface area contributed by atoms with E-state index < -0.39 is 8.32 Å². The lowest BCUT2D eigenvalue weighted by molar-refractivity contribution is -0.139. The molecule has 0 spiro atoms. The number of rotatable bonds is 10. The van der Waals surface area contributed by atoms with Gasteiger partial charge in [-0.1, -0.05) is 6.58 Å². The Balaban J connectivity index is 3.22. The van der Waals surface area contributed by atoms with Gasteiger partial charge in [-0.15, -0.1) is 0 Å². The van der Waals surface area contributed by atoms with Gasteiger partial charge in [0.15, 0.2) is 8.32 Å². The molecular formula is C13H26O4Si. The second-order valence-corrected chi connectivity index (χ2v) is 9.71. The zero-order valence-corrected chi connectivity index (χ0v) is 13.1. The summed E-state index contributed by atoms with van der Waals surface area (Å²) in [6, 6.07) is 0. The van der Waals surface area contributed by atoms with Crippen LogP contribution in [0.1, 0.15) is 19.8 Å². The van der Waals surface area contributed by atoms with E-state index in [1.807, 2.05) is 0 Å². The molecule has 0 unspecified atom stereocenters. The highest BCUT2D eigenvalue weighted by molar-refractivity contribution is 6.69. The van der Waals surface area contributed by atoms with Crippen LogP contribution in [0.25, 0.3) is 0 Å². The molecular weight excluding hydrogens is 248 g/mol. The largest absolute Gasteiger partial charge is 0.462 e. The van der Waals surface area contributed by atoms with Crippen molar-refractivity contribution in [2.75, 3.05) is 26.4 Å². The lowest BCUT2D eigenvalue weighted by Gasteiger charge is -2.16. The summed E-state index contributed by atoms with van der Waals surface area (Å²) in [5.74, 6) is -0.335. The lowest BCUT2D eigenvalue weighted by Crippen LogP contribution is -2.26. The van der Waals surface area contributed by atoms with Crippen LogP contribution in [0.2, 0.25) is 19.6 Å². The molecule has 0 radical (unpaired) electrons. The minimum absolute atomic E-state index is 0.335. The van der Waals surface area contributed by atoms with Crippen molar-refractivity contribution in [3.8, 4) is 0 Å². The van der Waals surface area contributed by atoms with E-state index >= 15 is 0 Å². The third-order valence-corrected chi connectivity index (χ3v) is 3.05. The topological polar surface area (TPSA) is 44.8 Å². The zero-order valence-electron chi connectivity index (χ0n) is 12.1. The van der Waals surface area contributed by atoms with Gasteiger partial charge in [-0.05, 0) is 33.0 Å². The minimum Gasteiger partial charge on any atom is -0.462 e. The van der Waals surface area contributed by atoms with Crippen molar-refractivity contribution >= 4 is 14.3 Å². The molecule has 5 heteroatoms. The monoisotopic (exact) mass is 274 g/mol. The van der Waals surface area contributed by atoms with Gasteiger partial charge in [-0.25, -0.2) is 4.79 Å². The summed E-state index contributed by atoms with van der Waals surface area (Å²) in [6.45, 7) is 14.1. The third-order valence-electron chi connectivity index (χ3n) is 1.98. The Morgan fingerprint density at radius 2 is 1.61 bits per heavy atom. The smallest absolute Gasteiger partial charge is 0.333 e. The fourth-order valence-electron chi connectivity index (χ4n) is 1.09. The molecule has 0 aliphatic heterocycles. The fraction of sp³-hybridized carbons (Fsp3) is 0.769. The predicted octanol–water partition coefficient (Wildman–Crippen LogP) is 2.75. The van der Waals surface area contributed by atoms with Crippen molar-refractivity contribution in [3.63, 3.8) is 0 Å². The maximum atomic E-state index is 11.0. The summed E-state index contributed by atoms with van der Waals surface area (Å²) in [5.41, 5.74) is 0.430. The molecule has 0 N–H and O–H groups in total. The number of carbonyl (C=O) groups excluding carboxylic acids is 1. The number of esters is 1. The molecule has 0 amide bonds.